The monoisotopic (exact) mass is 285 g/mol. The van der Waals surface area contributed by atoms with Gasteiger partial charge in [0, 0.05) is 6.54 Å². The van der Waals surface area contributed by atoms with Gasteiger partial charge in [-0.2, -0.15) is 0 Å². The van der Waals surface area contributed by atoms with E-state index in [4.69, 9.17) is 5.73 Å². The van der Waals surface area contributed by atoms with Gasteiger partial charge in [-0.05, 0) is 36.5 Å². The van der Waals surface area contributed by atoms with E-state index in [0.29, 0.717) is 11.3 Å². The lowest BCUT2D eigenvalue weighted by molar-refractivity contribution is 0.162. The Morgan fingerprint density at radius 2 is 2.00 bits per heavy atom. The zero-order valence-corrected chi connectivity index (χ0v) is 12.4. The maximum absolute atomic E-state index is 11.9. The molecule has 0 aromatic heterocycles. The number of nitrogens with two attached hydrogens (primary N) is 1. The normalized spacial score (nSPS) is 15.2. The number of benzene rings is 1. The molecule has 1 aromatic rings. The zero-order chi connectivity index (χ0) is 14.5. The van der Waals surface area contributed by atoms with Crippen LogP contribution in [-0.4, -0.2) is 31.9 Å². The molecule has 0 amide bonds. The highest BCUT2D eigenvalue weighted by Gasteiger charge is 2.17. The van der Waals surface area contributed by atoms with Gasteiger partial charge in [0.1, 0.15) is 0 Å². The van der Waals surface area contributed by atoms with Crippen molar-refractivity contribution in [3.63, 3.8) is 0 Å². The lowest BCUT2D eigenvalue weighted by Gasteiger charge is -2.19. The van der Waals surface area contributed by atoms with E-state index in [1.165, 1.54) is 0 Å². The molecule has 0 fully saturated rings. The van der Waals surface area contributed by atoms with Gasteiger partial charge >= 0.3 is 0 Å². The second kappa shape index (κ2) is 7.03. The van der Waals surface area contributed by atoms with Gasteiger partial charge in [-0.25, -0.2) is 8.42 Å². The van der Waals surface area contributed by atoms with Crippen molar-refractivity contribution in [3.05, 3.63) is 29.8 Å². The van der Waals surface area contributed by atoms with Gasteiger partial charge in [-0.3, -0.25) is 0 Å². The smallest absolute Gasteiger partial charge is 0.178 e. The minimum Gasteiger partial charge on any atom is -0.392 e. The first-order chi connectivity index (χ1) is 8.94. The Hall–Kier alpha value is -0.910. The topological polar surface area (TPSA) is 80.4 Å². The summed E-state index contributed by atoms with van der Waals surface area (Å²) in [6.07, 6.45) is 0.853. The minimum absolute atomic E-state index is 0.0959. The van der Waals surface area contributed by atoms with Crippen LogP contribution in [0.25, 0.3) is 0 Å². The molecule has 0 bridgehead atoms. The molecule has 0 heterocycles. The summed E-state index contributed by atoms with van der Waals surface area (Å²) in [5.41, 5.74) is 6.38. The highest BCUT2D eigenvalue weighted by molar-refractivity contribution is 7.91. The summed E-state index contributed by atoms with van der Waals surface area (Å²) < 4.78 is 23.7. The van der Waals surface area contributed by atoms with Crippen LogP contribution in [0, 0.1) is 0 Å². The summed E-state index contributed by atoms with van der Waals surface area (Å²) in [5.74, 6) is 0.226. The Morgan fingerprint density at radius 1 is 1.32 bits per heavy atom. The molecule has 0 saturated heterocycles. The Bertz CT molecular complexity index is 499. The first kappa shape index (κ1) is 16.1. The molecule has 2 atom stereocenters. The van der Waals surface area contributed by atoms with E-state index in [9.17, 15) is 13.5 Å². The lowest BCUT2D eigenvalue weighted by atomic mass is 9.91. The van der Waals surface area contributed by atoms with Crippen molar-refractivity contribution in [1.29, 1.82) is 0 Å². The molecule has 0 aliphatic heterocycles. The van der Waals surface area contributed by atoms with E-state index in [1.807, 2.05) is 13.0 Å². The second-order valence-electron chi connectivity index (χ2n) is 4.71. The number of rotatable bonds is 7. The number of hydrogen-bond acceptors (Lipinski definition) is 4. The Kier molecular flexibility index (Phi) is 5.97. The van der Waals surface area contributed by atoms with Crippen molar-refractivity contribution < 1.29 is 13.5 Å². The summed E-state index contributed by atoms with van der Waals surface area (Å²) >= 11 is 0. The van der Waals surface area contributed by atoms with E-state index in [2.05, 4.69) is 0 Å². The molecule has 0 radical (unpaired) electrons. The van der Waals surface area contributed by atoms with Gasteiger partial charge in [0.15, 0.2) is 9.84 Å². The van der Waals surface area contributed by atoms with Crippen molar-refractivity contribution in [2.24, 2.45) is 5.73 Å². The number of sulfone groups is 1. The van der Waals surface area contributed by atoms with Crippen LogP contribution in [0.15, 0.2) is 29.2 Å². The van der Waals surface area contributed by atoms with Gasteiger partial charge in [-0.1, -0.05) is 26.0 Å². The van der Waals surface area contributed by atoms with Gasteiger partial charge < -0.3 is 10.8 Å². The summed E-state index contributed by atoms with van der Waals surface area (Å²) in [6.45, 7) is 3.88. The van der Waals surface area contributed by atoms with Crippen LogP contribution >= 0.6 is 0 Å². The summed E-state index contributed by atoms with van der Waals surface area (Å²) in [7, 11) is -3.18. The number of hydrogen-bond donors (Lipinski definition) is 2. The third kappa shape index (κ3) is 4.30. The van der Waals surface area contributed by atoms with Crippen LogP contribution in [0.2, 0.25) is 0 Å². The Morgan fingerprint density at radius 3 is 2.53 bits per heavy atom. The van der Waals surface area contributed by atoms with Crippen LogP contribution in [0.5, 0.6) is 0 Å². The number of aliphatic hydroxyl groups excluding tert-OH is 1. The molecule has 0 aliphatic rings. The van der Waals surface area contributed by atoms with E-state index in [-0.39, 0.29) is 18.2 Å². The average molecular weight is 285 g/mol. The highest BCUT2D eigenvalue weighted by atomic mass is 32.2. The molecule has 0 aliphatic carbocycles. The van der Waals surface area contributed by atoms with E-state index in [0.717, 1.165) is 12.0 Å². The largest absolute Gasteiger partial charge is 0.392 e. The van der Waals surface area contributed by atoms with Gasteiger partial charge in [0.25, 0.3) is 0 Å². The van der Waals surface area contributed by atoms with Crippen molar-refractivity contribution in [1.82, 2.24) is 0 Å². The Balaban J connectivity index is 3.03. The third-order valence-electron chi connectivity index (χ3n) is 3.39. The molecule has 0 spiro atoms. The maximum atomic E-state index is 11.9. The van der Waals surface area contributed by atoms with Crippen molar-refractivity contribution in [2.45, 2.75) is 43.6 Å². The van der Waals surface area contributed by atoms with Gasteiger partial charge in [0.05, 0.1) is 16.8 Å². The molecule has 5 heteroatoms. The molecule has 1 aromatic carbocycles. The molecule has 108 valence electrons. The SMILES string of the molecule is CCC(CC(O)CN)c1cccc(S(=O)(=O)CC)c1. The second-order valence-corrected chi connectivity index (χ2v) is 6.98. The predicted molar refractivity (Wildman–Crippen MR) is 76.9 cm³/mol. The average Bonchev–Trinajstić information content (AvgIpc) is 2.44. The van der Waals surface area contributed by atoms with E-state index >= 15 is 0 Å². The van der Waals surface area contributed by atoms with Crippen molar-refractivity contribution in [2.75, 3.05) is 12.3 Å². The molecule has 19 heavy (non-hydrogen) atoms. The predicted octanol–water partition coefficient (Wildman–Crippen LogP) is 1.68. The fourth-order valence-electron chi connectivity index (χ4n) is 2.09. The minimum atomic E-state index is -3.18. The molecular weight excluding hydrogens is 262 g/mol. The molecule has 2 unspecified atom stereocenters. The van der Waals surface area contributed by atoms with Gasteiger partial charge in [0.2, 0.25) is 0 Å². The fourth-order valence-corrected chi connectivity index (χ4v) is 3.03. The summed E-state index contributed by atoms with van der Waals surface area (Å²) in [6, 6.07) is 7.01. The summed E-state index contributed by atoms with van der Waals surface area (Å²) in [5, 5.41) is 9.65. The first-order valence-electron chi connectivity index (χ1n) is 6.65. The van der Waals surface area contributed by atoms with Crippen LogP contribution in [0.3, 0.4) is 0 Å². The summed E-state index contributed by atoms with van der Waals surface area (Å²) in [4.78, 5) is 0.355. The standard InChI is InChI=1S/C14H23NO3S/c1-3-11(8-13(16)10-15)12-6-5-7-14(9-12)19(17,18)4-2/h5-7,9,11,13,16H,3-4,8,10,15H2,1-2H3. The fraction of sp³-hybridized carbons (Fsp3) is 0.571. The zero-order valence-electron chi connectivity index (χ0n) is 11.5. The maximum Gasteiger partial charge on any atom is 0.178 e. The van der Waals surface area contributed by atoms with Gasteiger partial charge in [-0.15, -0.1) is 0 Å². The van der Waals surface area contributed by atoms with Crippen molar-refractivity contribution >= 4 is 9.84 Å². The van der Waals surface area contributed by atoms with E-state index < -0.39 is 15.9 Å². The Labute approximate surface area is 115 Å². The lowest BCUT2D eigenvalue weighted by Crippen LogP contribution is -2.22. The number of aliphatic hydroxyl groups is 1. The molecule has 0 saturated carbocycles. The quantitative estimate of drug-likeness (QED) is 0.799. The van der Waals surface area contributed by atoms with Crippen LogP contribution < -0.4 is 5.73 Å². The first-order valence-corrected chi connectivity index (χ1v) is 8.30. The highest BCUT2D eigenvalue weighted by Crippen LogP contribution is 2.26. The van der Waals surface area contributed by atoms with E-state index in [1.54, 1.807) is 25.1 Å². The van der Waals surface area contributed by atoms with Crippen LogP contribution in [0.1, 0.15) is 38.2 Å². The van der Waals surface area contributed by atoms with Crippen molar-refractivity contribution in [3.8, 4) is 0 Å². The molecular formula is C14H23NO3S. The molecule has 4 nitrogen and oxygen atoms in total. The molecule has 1 rings (SSSR count). The third-order valence-corrected chi connectivity index (χ3v) is 5.12. The van der Waals surface area contributed by atoms with Crippen LogP contribution in [-0.2, 0) is 9.84 Å². The molecule has 3 N–H and O–H groups in total. The van der Waals surface area contributed by atoms with Crippen LogP contribution in [0.4, 0.5) is 0 Å².